The molecule has 0 unspecified atom stereocenters. The molecule has 1 N–H and O–H groups in total. The highest BCUT2D eigenvalue weighted by atomic mass is 16.5. The van der Waals surface area contributed by atoms with E-state index in [-0.39, 0.29) is 6.03 Å². The zero-order valence-corrected chi connectivity index (χ0v) is 15.5. The van der Waals surface area contributed by atoms with Gasteiger partial charge in [-0.2, -0.15) is 0 Å². The van der Waals surface area contributed by atoms with E-state index in [1.54, 1.807) is 19.1 Å². The molecule has 0 spiro atoms. The van der Waals surface area contributed by atoms with Crippen LogP contribution in [-0.4, -0.2) is 51.4 Å². The van der Waals surface area contributed by atoms with Gasteiger partial charge in [0.2, 0.25) is 0 Å². The predicted molar refractivity (Wildman–Crippen MR) is 101 cm³/mol. The van der Waals surface area contributed by atoms with Gasteiger partial charge < -0.3 is 24.4 Å². The fourth-order valence-corrected chi connectivity index (χ4v) is 2.17. The molecule has 0 saturated heterocycles. The zero-order valence-electron chi connectivity index (χ0n) is 15.5. The third kappa shape index (κ3) is 6.55. The number of hydrogen-bond acceptors (Lipinski definition) is 4. The first-order valence-corrected chi connectivity index (χ1v) is 8.54. The van der Waals surface area contributed by atoms with E-state index in [4.69, 9.17) is 14.2 Å². The molecule has 6 heteroatoms. The average Bonchev–Trinajstić information content (AvgIpc) is 2.67. The summed E-state index contributed by atoms with van der Waals surface area (Å²) in [5.41, 5.74) is 1.19. The van der Waals surface area contributed by atoms with Gasteiger partial charge >= 0.3 is 6.03 Å². The van der Waals surface area contributed by atoms with Gasteiger partial charge in [0, 0.05) is 7.05 Å². The second kappa shape index (κ2) is 10.2. The van der Waals surface area contributed by atoms with Gasteiger partial charge in [0.25, 0.3) is 0 Å². The van der Waals surface area contributed by atoms with Gasteiger partial charge in [-0.3, -0.25) is 0 Å². The molecule has 0 fully saturated rings. The lowest BCUT2D eigenvalue weighted by Gasteiger charge is -2.18. The van der Waals surface area contributed by atoms with Gasteiger partial charge in [-0.15, -0.1) is 0 Å². The molecular formula is C20H26N2O4. The van der Waals surface area contributed by atoms with E-state index in [1.165, 1.54) is 5.56 Å². The second-order valence-corrected chi connectivity index (χ2v) is 5.84. The number of nitrogens with zero attached hydrogens (tertiary/aromatic N) is 1. The lowest BCUT2D eigenvalue weighted by atomic mass is 10.2. The Morgan fingerprint density at radius 3 is 2.08 bits per heavy atom. The highest BCUT2D eigenvalue weighted by Gasteiger charge is 2.07. The number of rotatable bonds is 9. The Bertz CT molecular complexity index is 671. The number of urea groups is 1. The Kier molecular flexibility index (Phi) is 7.61. The Hall–Kier alpha value is -2.89. The van der Waals surface area contributed by atoms with Crippen molar-refractivity contribution >= 4 is 6.03 Å². The quantitative estimate of drug-likeness (QED) is 0.700. The Morgan fingerprint density at radius 2 is 1.46 bits per heavy atom. The Labute approximate surface area is 154 Å². The number of carbonyl (C=O) groups is 1. The molecule has 0 aliphatic rings. The van der Waals surface area contributed by atoms with E-state index in [2.05, 4.69) is 5.32 Å². The van der Waals surface area contributed by atoms with E-state index < -0.39 is 0 Å². The van der Waals surface area contributed by atoms with Crippen LogP contribution >= 0.6 is 0 Å². The summed E-state index contributed by atoms with van der Waals surface area (Å²) in [6, 6.07) is 15.0. The third-order valence-electron chi connectivity index (χ3n) is 3.77. The number of aryl methyl sites for hydroxylation is 1. The topological polar surface area (TPSA) is 60.0 Å². The molecule has 0 bridgehead atoms. The normalized spacial score (nSPS) is 10.1. The van der Waals surface area contributed by atoms with Gasteiger partial charge in [0.15, 0.2) is 0 Å². The first-order chi connectivity index (χ1) is 12.6. The Morgan fingerprint density at radius 1 is 0.923 bits per heavy atom. The minimum absolute atomic E-state index is 0.157. The van der Waals surface area contributed by atoms with Crippen LogP contribution in [0.4, 0.5) is 4.79 Å². The molecular weight excluding hydrogens is 332 g/mol. The minimum Gasteiger partial charge on any atom is -0.497 e. The maximum Gasteiger partial charge on any atom is 0.317 e. The minimum atomic E-state index is -0.157. The number of amides is 2. The van der Waals surface area contributed by atoms with E-state index in [0.717, 1.165) is 17.2 Å². The van der Waals surface area contributed by atoms with Crippen LogP contribution in [0.2, 0.25) is 0 Å². The monoisotopic (exact) mass is 358 g/mol. The molecule has 0 atom stereocenters. The average molecular weight is 358 g/mol. The number of ether oxygens (including phenoxy) is 3. The van der Waals surface area contributed by atoms with Gasteiger partial charge in [0.05, 0.1) is 20.2 Å². The number of benzene rings is 2. The molecule has 2 aromatic carbocycles. The lowest BCUT2D eigenvalue weighted by molar-refractivity contribution is 0.192. The fraction of sp³-hybridized carbons (Fsp3) is 0.350. The molecule has 2 rings (SSSR count). The second-order valence-electron chi connectivity index (χ2n) is 5.84. The van der Waals surface area contributed by atoms with Crippen LogP contribution in [0.5, 0.6) is 17.2 Å². The Balaban J connectivity index is 1.59. The SMILES string of the molecule is COc1ccc(OCCNC(=O)N(C)CCOc2ccc(C)cc2)cc1. The summed E-state index contributed by atoms with van der Waals surface area (Å²) < 4.78 is 16.3. The van der Waals surface area contributed by atoms with Crippen molar-refractivity contribution in [1.29, 1.82) is 0 Å². The number of nitrogens with one attached hydrogen (secondary N) is 1. The van der Waals surface area contributed by atoms with E-state index in [0.29, 0.717) is 26.3 Å². The zero-order chi connectivity index (χ0) is 18.8. The van der Waals surface area contributed by atoms with Crippen LogP contribution in [0, 0.1) is 6.92 Å². The van der Waals surface area contributed by atoms with Crippen molar-refractivity contribution in [2.24, 2.45) is 0 Å². The summed E-state index contributed by atoms with van der Waals surface area (Å²) in [5.74, 6) is 2.32. The number of hydrogen-bond donors (Lipinski definition) is 1. The molecule has 2 amide bonds. The molecule has 0 aliphatic heterocycles. The molecule has 6 nitrogen and oxygen atoms in total. The lowest BCUT2D eigenvalue weighted by Crippen LogP contribution is -2.40. The summed E-state index contributed by atoms with van der Waals surface area (Å²) in [6.45, 7) is 3.79. The van der Waals surface area contributed by atoms with Crippen LogP contribution in [0.1, 0.15) is 5.56 Å². The first kappa shape index (κ1) is 19.4. The van der Waals surface area contributed by atoms with Crippen molar-refractivity contribution in [2.75, 3.05) is 40.5 Å². The van der Waals surface area contributed by atoms with Gasteiger partial charge in [-0.1, -0.05) is 17.7 Å². The van der Waals surface area contributed by atoms with E-state index >= 15 is 0 Å². The summed E-state index contributed by atoms with van der Waals surface area (Å²) >= 11 is 0. The van der Waals surface area contributed by atoms with Crippen LogP contribution in [0.3, 0.4) is 0 Å². The molecule has 0 aliphatic carbocycles. The van der Waals surface area contributed by atoms with Crippen LogP contribution in [-0.2, 0) is 0 Å². The fourth-order valence-electron chi connectivity index (χ4n) is 2.17. The van der Waals surface area contributed by atoms with Crippen molar-refractivity contribution in [3.05, 3.63) is 54.1 Å². The molecule has 0 saturated carbocycles. The van der Waals surface area contributed by atoms with Crippen molar-refractivity contribution in [3.8, 4) is 17.2 Å². The van der Waals surface area contributed by atoms with Gasteiger partial charge in [0.1, 0.15) is 30.5 Å². The molecule has 0 radical (unpaired) electrons. The number of carbonyl (C=O) groups excluding carboxylic acids is 1. The molecule has 26 heavy (non-hydrogen) atoms. The smallest absolute Gasteiger partial charge is 0.317 e. The standard InChI is InChI=1S/C20H26N2O4/c1-16-4-6-18(7-5-16)26-15-13-22(2)20(23)21-12-14-25-19-10-8-17(24-3)9-11-19/h4-11H,12-15H2,1-3H3,(H,21,23). The summed E-state index contributed by atoms with van der Waals surface area (Å²) in [7, 11) is 3.35. The largest absolute Gasteiger partial charge is 0.497 e. The van der Waals surface area contributed by atoms with E-state index in [9.17, 15) is 4.79 Å². The summed E-state index contributed by atoms with van der Waals surface area (Å²) in [6.07, 6.45) is 0. The van der Waals surface area contributed by atoms with Gasteiger partial charge in [-0.05, 0) is 43.3 Å². The first-order valence-electron chi connectivity index (χ1n) is 8.54. The van der Waals surface area contributed by atoms with Crippen molar-refractivity contribution in [2.45, 2.75) is 6.92 Å². The third-order valence-corrected chi connectivity index (χ3v) is 3.77. The molecule has 140 valence electrons. The number of methoxy groups -OCH3 is 1. The van der Waals surface area contributed by atoms with Crippen molar-refractivity contribution < 1.29 is 19.0 Å². The highest BCUT2D eigenvalue weighted by Crippen LogP contribution is 2.16. The van der Waals surface area contributed by atoms with Gasteiger partial charge in [-0.25, -0.2) is 4.79 Å². The maximum atomic E-state index is 12.0. The molecule has 2 aromatic rings. The highest BCUT2D eigenvalue weighted by molar-refractivity contribution is 5.73. The number of likely N-dealkylation sites (N-methyl/N-ethyl adjacent to an activating group) is 1. The summed E-state index contributed by atoms with van der Waals surface area (Å²) in [4.78, 5) is 13.6. The predicted octanol–water partition coefficient (Wildman–Crippen LogP) is 3.10. The maximum absolute atomic E-state index is 12.0. The van der Waals surface area contributed by atoms with Crippen LogP contribution in [0.25, 0.3) is 0 Å². The van der Waals surface area contributed by atoms with Crippen LogP contribution in [0.15, 0.2) is 48.5 Å². The molecule has 0 aromatic heterocycles. The van der Waals surface area contributed by atoms with Crippen molar-refractivity contribution in [1.82, 2.24) is 10.2 Å². The summed E-state index contributed by atoms with van der Waals surface area (Å²) in [5, 5.41) is 2.81. The molecule has 0 heterocycles. The van der Waals surface area contributed by atoms with E-state index in [1.807, 2.05) is 55.5 Å². The van der Waals surface area contributed by atoms with Crippen molar-refractivity contribution in [3.63, 3.8) is 0 Å². The van der Waals surface area contributed by atoms with Crippen LogP contribution < -0.4 is 19.5 Å².